The van der Waals surface area contributed by atoms with Crippen molar-refractivity contribution in [3.05, 3.63) is 45.1 Å². The van der Waals surface area contributed by atoms with Crippen LogP contribution in [-0.4, -0.2) is 14.9 Å². The standard InChI is InChI=1S/C11H9ClN4O2/c1-6-10(16(17)18)9(15-11(13)14-6)7-3-2-4-8(12)5-7/h2-5H,1H3,(H2,13,14,15). The highest BCUT2D eigenvalue weighted by Crippen LogP contribution is 2.31. The lowest BCUT2D eigenvalue weighted by Crippen LogP contribution is -2.04. The number of nitrogens with two attached hydrogens (primary N) is 1. The molecule has 0 aliphatic carbocycles. The molecule has 0 spiro atoms. The van der Waals surface area contributed by atoms with Crippen LogP contribution in [0.5, 0.6) is 0 Å². The van der Waals surface area contributed by atoms with Gasteiger partial charge in [0.1, 0.15) is 5.69 Å². The van der Waals surface area contributed by atoms with Gasteiger partial charge in [0.25, 0.3) is 0 Å². The molecule has 0 aliphatic rings. The van der Waals surface area contributed by atoms with Crippen molar-refractivity contribution in [1.82, 2.24) is 9.97 Å². The molecule has 0 atom stereocenters. The highest BCUT2D eigenvalue weighted by Gasteiger charge is 2.22. The number of halogens is 1. The quantitative estimate of drug-likeness (QED) is 0.664. The minimum absolute atomic E-state index is 0.00641. The van der Waals surface area contributed by atoms with Crippen LogP contribution in [0.15, 0.2) is 24.3 Å². The third-order valence-electron chi connectivity index (χ3n) is 2.36. The minimum Gasteiger partial charge on any atom is -0.368 e. The van der Waals surface area contributed by atoms with Crippen LogP contribution in [0.3, 0.4) is 0 Å². The molecule has 92 valence electrons. The van der Waals surface area contributed by atoms with Crippen LogP contribution in [0.1, 0.15) is 5.69 Å². The van der Waals surface area contributed by atoms with E-state index >= 15 is 0 Å². The van der Waals surface area contributed by atoms with Crippen LogP contribution in [0.4, 0.5) is 11.6 Å². The summed E-state index contributed by atoms with van der Waals surface area (Å²) >= 11 is 5.86. The first-order valence-corrected chi connectivity index (χ1v) is 5.41. The van der Waals surface area contributed by atoms with E-state index in [2.05, 4.69) is 9.97 Å². The van der Waals surface area contributed by atoms with Gasteiger partial charge in [-0.25, -0.2) is 9.97 Å². The van der Waals surface area contributed by atoms with Gasteiger partial charge in [-0.2, -0.15) is 0 Å². The van der Waals surface area contributed by atoms with E-state index < -0.39 is 4.92 Å². The highest BCUT2D eigenvalue weighted by atomic mass is 35.5. The number of nitro groups is 1. The summed E-state index contributed by atoms with van der Waals surface area (Å²) in [6.45, 7) is 1.52. The fourth-order valence-corrected chi connectivity index (χ4v) is 1.83. The third-order valence-corrected chi connectivity index (χ3v) is 2.59. The lowest BCUT2D eigenvalue weighted by atomic mass is 10.1. The first-order valence-electron chi connectivity index (χ1n) is 5.03. The molecule has 0 radical (unpaired) electrons. The van der Waals surface area contributed by atoms with Crippen molar-refractivity contribution in [2.45, 2.75) is 6.92 Å². The Bertz CT molecular complexity index is 630. The number of nitrogens with zero attached hydrogens (tertiary/aromatic N) is 3. The number of aryl methyl sites for hydroxylation is 1. The van der Waals surface area contributed by atoms with E-state index in [1.807, 2.05) is 0 Å². The summed E-state index contributed by atoms with van der Waals surface area (Å²) in [7, 11) is 0. The maximum Gasteiger partial charge on any atom is 0.316 e. The second-order valence-corrected chi connectivity index (χ2v) is 4.07. The lowest BCUT2D eigenvalue weighted by molar-refractivity contribution is -0.385. The molecular weight excluding hydrogens is 256 g/mol. The predicted molar refractivity (Wildman–Crippen MR) is 68.3 cm³/mol. The molecule has 1 heterocycles. The number of rotatable bonds is 2. The number of hydrogen-bond donors (Lipinski definition) is 1. The first kappa shape index (κ1) is 12.3. The summed E-state index contributed by atoms with van der Waals surface area (Å²) in [5.41, 5.74) is 6.30. The molecule has 0 bridgehead atoms. The molecule has 0 saturated carbocycles. The second kappa shape index (κ2) is 4.58. The topological polar surface area (TPSA) is 94.9 Å². The van der Waals surface area contributed by atoms with E-state index in [-0.39, 0.29) is 23.0 Å². The predicted octanol–water partition coefficient (Wildman–Crippen LogP) is 2.60. The number of hydrogen-bond acceptors (Lipinski definition) is 5. The van der Waals surface area contributed by atoms with Gasteiger partial charge in [0, 0.05) is 10.6 Å². The van der Waals surface area contributed by atoms with Crippen LogP contribution in [0.2, 0.25) is 5.02 Å². The fourth-order valence-electron chi connectivity index (χ4n) is 1.64. The zero-order valence-corrected chi connectivity index (χ0v) is 10.2. The number of nitrogen functional groups attached to an aromatic ring is 1. The molecule has 0 aliphatic heterocycles. The monoisotopic (exact) mass is 264 g/mol. The molecule has 18 heavy (non-hydrogen) atoms. The van der Waals surface area contributed by atoms with Crippen molar-refractivity contribution in [3.8, 4) is 11.3 Å². The number of benzene rings is 1. The molecule has 6 nitrogen and oxygen atoms in total. The van der Waals surface area contributed by atoms with Crippen molar-refractivity contribution < 1.29 is 4.92 Å². The molecule has 0 saturated heterocycles. The van der Waals surface area contributed by atoms with E-state index in [1.165, 1.54) is 6.92 Å². The Morgan fingerprint density at radius 2 is 2.11 bits per heavy atom. The Morgan fingerprint density at radius 3 is 2.72 bits per heavy atom. The normalized spacial score (nSPS) is 10.3. The van der Waals surface area contributed by atoms with Crippen LogP contribution in [0, 0.1) is 17.0 Å². The van der Waals surface area contributed by atoms with Crippen LogP contribution in [-0.2, 0) is 0 Å². The minimum atomic E-state index is -0.523. The average Bonchev–Trinajstić information content (AvgIpc) is 2.27. The zero-order valence-electron chi connectivity index (χ0n) is 9.42. The van der Waals surface area contributed by atoms with E-state index in [0.29, 0.717) is 10.6 Å². The Morgan fingerprint density at radius 1 is 1.39 bits per heavy atom. The first-order chi connectivity index (χ1) is 8.49. The van der Waals surface area contributed by atoms with E-state index in [4.69, 9.17) is 17.3 Å². The van der Waals surface area contributed by atoms with Gasteiger partial charge in [-0.05, 0) is 19.1 Å². The third kappa shape index (κ3) is 2.23. The van der Waals surface area contributed by atoms with Crippen molar-refractivity contribution >= 4 is 23.2 Å². The summed E-state index contributed by atoms with van der Waals surface area (Å²) in [6, 6.07) is 6.64. The molecule has 7 heteroatoms. The fraction of sp³-hybridized carbons (Fsp3) is 0.0909. The van der Waals surface area contributed by atoms with Gasteiger partial charge in [0.2, 0.25) is 5.95 Å². The average molecular weight is 265 g/mol. The van der Waals surface area contributed by atoms with Crippen molar-refractivity contribution in [3.63, 3.8) is 0 Å². The molecule has 1 aromatic heterocycles. The maximum atomic E-state index is 11.1. The Labute approximate surface area is 108 Å². The summed E-state index contributed by atoms with van der Waals surface area (Å²) in [5.74, 6) is -0.00641. The van der Waals surface area contributed by atoms with Gasteiger partial charge in [-0.15, -0.1) is 0 Å². The summed E-state index contributed by atoms with van der Waals surface area (Å²) in [6.07, 6.45) is 0. The van der Waals surface area contributed by atoms with Gasteiger partial charge in [-0.1, -0.05) is 23.7 Å². The molecular formula is C11H9ClN4O2. The van der Waals surface area contributed by atoms with Crippen LogP contribution >= 0.6 is 11.6 Å². The number of anilines is 1. The van der Waals surface area contributed by atoms with Crippen molar-refractivity contribution in [2.24, 2.45) is 0 Å². The van der Waals surface area contributed by atoms with Crippen LogP contribution in [0.25, 0.3) is 11.3 Å². The largest absolute Gasteiger partial charge is 0.368 e. The summed E-state index contributed by atoms with van der Waals surface area (Å²) in [5, 5.41) is 11.5. The smallest absolute Gasteiger partial charge is 0.316 e. The van der Waals surface area contributed by atoms with Gasteiger partial charge < -0.3 is 5.73 Å². The Balaban J connectivity index is 2.73. The molecule has 0 unspecified atom stereocenters. The summed E-state index contributed by atoms with van der Waals surface area (Å²) in [4.78, 5) is 18.3. The number of aromatic nitrogens is 2. The second-order valence-electron chi connectivity index (χ2n) is 3.63. The molecule has 2 rings (SSSR count). The van der Waals surface area contributed by atoms with Crippen LogP contribution < -0.4 is 5.73 Å². The molecule has 0 fully saturated rings. The molecule has 1 aromatic carbocycles. The van der Waals surface area contributed by atoms with Gasteiger partial charge in [0.15, 0.2) is 5.69 Å². The van der Waals surface area contributed by atoms with Gasteiger partial charge >= 0.3 is 5.69 Å². The highest BCUT2D eigenvalue weighted by molar-refractivity contribution is 6.30. The van der Waals surface area contributed by atoms with Gasteiger partial charge in [-0.3, -0.25) is 10.1 Å². The molecule has 0 amide bonds. The maximum absolute atomic E-state index is 11.1. The molecule has 2 aromatic rings. The summed E-state index contributed by atoms with van der Waals surface area (Å²) < 4.78 is 0. The van der Waals surface area contributed by atoms with E-state index in [0.717, 1.165) is 0 Å². The van der Waals surface area contributed by atoms with Gasteiger partial charge in [0.05, 0.1) is 4.92 Å². The van der Waals surface area contributed by atoms with Crippen molar-refractivity contribution in [1.29, 1.82) is 0 Å². The SMILES string of the molecule is Cc1nc(N)nc(-c2cccc(Cl)c2)c1[N+](=O)[O-]. The van der Waals surface area contributed by atoms with Crippen molar-refractivity contribution in [2.75, 3.05) is 5.73 Å². The van der Waals surface area contributed by atoms with E-state index in [9.17, 15) is 10.1 Å². The molecule has 2 N–H and O–H groups in total. The lowest BCUT2D eigenvalue weighted by Gasteiger charge is -2.05. The van der Waals surface area contributed by atoms with E-state index in [1.54, 1.807) is 24.3 Å². The Hall–Kier alpha value is -2.21. The zero-order chi connectivity index (χ0) is 13.3. The Kier molecular flexibility index (Phi) is 3.12.